The highest BCUT2D eigenvalue weighted by atomic mass is 32.2. The second-order valence-electron chi connectivity index (χ2n) is 10.3. The van der Waals surface area contributed by atoms with Gasteiger partial charge in [0.2, 0.25) is 7.28 Å². The molecule has 1 atom stereocenters. The van der Waals surface area contributed by atoms with E-state index in [-0.39, 0.29) is 4.90 Å². The van der Waals surface area contributed by atoms with Crippen molar-refractivity contribution in [3.05, 3.63) is 131 Å². The van der Waals surface area contributed by atoms with Gasteiger partial charge in [-0.15, -0.1) is 4.15 Å². The van der Waals surface area contributed by atoms with Crippen LogP contribution in [-0.2, 0) is 15.4 Å². The highest BCUT2D eigenvalue weighted by molar-refractivity contribution is 7.95. The Balaban J connectivity index is 1.83. The molecule has 1 unspecified atom stereocenters. The molecule has 6 nitrogen and oxygen atoms in total. The summed E-state index contributed by atoms with van der Waals surface area (Å²) in [6, 6.07) is 32.9. The van der Waals surface area contributed by atoms with Crippen LogP contribution in [0.2, 0.25) is 0 Å². The first kappa shape index (κ1) is 27.5. The van der Waals surface area contributed by atoms with Crippen LogP contribution in [0.15, 0.2) is 124 Å². The Morgan fingerprint density at radius 1 is 0.900 bits per heavy atom. The lowest BCUT2D eigenvalue weighted by Gasteiger charge is -2.29. The molecule has 0 amide bonds. The number of aryl methyl sites for hydroxylation is 1. The van der Waals surface area contributed by atoms with Crippen LogP contribution < -0.4 is 14.7 Å². The van der Waals surface area contributed by atoms with Crippen LogP contribution >= 0.6 is 7.28 Å². The number of nitriles is 1. The van der Waals surface area contributed by atoms with Crippen LogP contribution in [0.25, 0.3) is 0 Å². The summed E-state index contributed by atoms with van der Waals surface area (Å²) in [6.07, 6.45) is 0. The molecule has 0 fully saturated rings. The first-order chi connectivity index (χ1) is 19.1. The smallest absolute Gasteiger partial charge is 0.284 e. The van der Waals surface area contributed by atoms with E-state index >= 15 is 0 Å². The van der Waals surface area contributed by atoms with Gasteiger partial charge in [-0.1, -0.05) is 67.9 Å². The molecule has 1 heterocycles. The highest BCUT2D eigenvalue weighted by Gasteiger charge is 2.41. The molecule has 202 valence electrons. The number of likely N-dealkylation sites (N-methyl/N-ethyl adjacent to an activating group) is 1. The van der Waals surface area contributed by atoms with Crippen LogP contribution in [0.5, 0.6) is 5.75 Å². The Kier molecular flexibility index (Phi) is 7.18. The van der Waals surface area contributed by atoms with E-state index in [1.165, 1.54) is 0 Å². The van der Waals surface area contributed by atoms with E-state index in [0.717, 1.165) is 22.5 Å². The summed E-state index contributed by atoms with van der Waals surface area (Å²) < 4.78 is 39.3. The fraction of sp³-hybridized carbons (Fsp3) is 0.156. The quantitative estimate of drug-likeness (QED) is 0.228. The number of sulfonamides is 1. The van der Waals surface area contributed by atoms with E-state index in [4.69, 9.17) is 4.52 Å². The molecular weight excluding hydrogens is 537 g/mol. The number of nitrogens with zero attached hydrogens (tertiary/aromatic N) is 3. The maximum absolute atomic E-state index is 14.0. The van der Waals surface area contributed by atoms with E-state index in [1.807, 2.05) is 62.3 Å². The molecule has 0 aliphatic carbocycles. The molecule has 0 N–H and O–H groups in total. The predicted molar refractivity (Wildman–Crippen MR) is 162 cm³/mol. The normalized spacial score (nSPS) is 16.6. The number of hydrogen-bond acceptors (Lipinski definition) is 5. The third-order valence-electron chi connectivity index (χ3n) is 7.14. The van der Waals surface area contributed by atoms with Crippen molar-refractivity contribution in [2.45, 2.75) is 31.1 Å². The monoisotopic (exact) mass is 567 g/mol. The highest BCUT2D eigenvalue weighted by Crippen LogP contribution is 2.58. The van der Waals surface area contributed by atoms with Crippen LogP contribution in [0.3, 0.4) is 0 Å². The van der Waals surface area contributed by atoms with E-state index in [0.29, 0.717) is 16.6 Å². The molecule has 40 heavy (non-hydrogen) atoms. The van der Waals surface area contributed by atoms with E-state index in [9.17, 15) is 13.7 Å². The van der Waals surface area contributed by atoms with Gasteiger partial charge in [0.05, 0.1) is 16.5 Å². The number of anilines is 1. The third-order valence-corrected chi connectivity index (χ3v) is 12.0. The van der Waals surface area contributed by atoms with Crippen molar-refractivity contribution in [1.82, 2.24) is 0 Å². The zero-order valence-electron chi connectivity index (χ0n) is 22.8. The number of rotatable bonds is 6. The molecule has 0 saturated carbocycles. The zero-order valence-corrected chi connectivity index (χ0v) is 24.5. The molecule has 0 radical (unpaired) electrons. The molecule has 1 aliphatic rings. The summed E-state index contributed by atoms with van der Waals surface area (Å²) in [4.78, 5) is 2.19. The number of benzene rings is 4. The average Bonchev–Trinajstić information content (AvgIpc) is 3.14. The van der Waals surface area contributed by atoms with Crippen LogP contribution in [0.1, 0.15) is 30.5 Å². The number of fused-ring (bicyclic) bond motifs is 1. The molecule has 1 aliphatic heterocycles. The molecule has 4 aromatic carbocycles. The fourth-order valence-electron chi connectivity index (χ4n) is 4.95. The maximum atomic E-state index is 14.0. The Morgan fingerprint density at radius 2 is 1.52 bits per heavy atom. The average molecular weight is 568 g/mol. The summed E-state index contributed by atoms with van der Waals surface area (Å²) in [6.45, 7) is 6.15. The first-order valence-electron chi connectivity index (χ1n) is 12.8. The third kappa shape index (κ3) is 5.09. The molecule has 0 bridgehead atoms. The molecule has 0 aromatic heterocycles. The summed E-state index contributed by atoms with van der Waals surface area (Å²) in [5.74, 6) is 2.35. The minimum Gasteiger partial charge on any atom is -0.451 e. The molecule has 5 rings (SSSR count). The lowest BCUT2D eigenvalue weighted by molar-refractivity contribution is 0.593. The maximum Gasteiger partial charge on any atom is 0.284 e. The molecule has 8 heteroatoms. The van der Waals surface area contributed by atoms with Crippen molar-refractivity contribution in [3.8, 4) is 11.8 Å². The number of allylic oxidation sites excluding steroid dienone is 1. The second kappa shape index (κ2) is 10.5. The standard InChI is InChI=1S/C32H30N3O3PS/c1-24-14-20-28(21-15-24)40(36,37)34-39(27-10-6-5-7-11-27,38-26-18-16-25(22-33)17-19-26)23-31-32(2,3)29-12-8-9-13-30(29)35(31)4/h5-21,23H,1-4H3. The Labute approximate surface area is 236 Å². The largest absolute Gasteiger partial charge is 0.451 e. The number of para-hydroxylation sites is 1. The van der Waals surface area contributed by atoms with Gasteiger partial charge < -0.3 is 9.42 Å². The van der Waals surface area contributed by atoms with Gasteiger partial charge in [-0.25, -0.2) is 0 Å². The Hall–Kier alpha value is -4.11. The Bertz CT molecular complexity index is 1790. The molecular formula is C32H30N3O3PS. The summed E-state index contributed by atoms with van der Waals surface area (Å²) >= 11 is 0. The van der Waals surface area contributed by atoms with Crippen molar-refractivity contribution >= 4 is 28.3 Å². The Morgan fingerprint density at radius 3 is 2.15 bits per heavy atom. The van der Waals surface area contributed by atoms with Gasteiger partial charge in [0.25, 0.3) is 10.0 Å². The molecule has 0 spiro atoms. The minimum absolute atomic E-state index is 0.0996. The van der Waals surface area contributed by atoms with E-state index in [2.05, 4.69) is 41.1 Å². The number of hydrogen-bond donors (Lipinski definition) is 0. The van der Waals surface area contributed by atoms with E-state index in [1.54, 1.807) is 48.5 Å². The van der Waals surface area contributed by atoms with Gasteiger partial charge in [0, 0.05) is 35.0 Å². The van der Waals surface area contributed by atoms with Gasteiger partial charge in [0.15, 0.2) is 0 Å². The summed E-state index contributed by atoms with van der Waals surface area (Å²) in [7, 11) is -5.60. The topological polar surface area (TPSA) is 82.8 Å². The summed E-state index contributed by atoms with van der Waals surface area (Å²) in [5.41, 5.74) is 4.06. The van der Waals surface area contributed by atoms with Crippen LogP contribution in [0, 0.1) is 18.3 Å². The zero-order chi connectivity index (χ0) is 28.5. The van der Waals surface area contributed by atoms with Crippen molar-refractivity contribution in [1.29, 1.82) is 5.26 Å². The minimum atomic E-state index is -4.15. The first-order valence-corrected chi connectivity index (χ1v) is 16.0. The fourth-order valence-corrected chi connectivity index (χ4v) is 9.96. The van der Waals surface area contributed by atoms with Gasteiger partial charge in [-0.2, -0.15) is 13.7 Å². The van der Waals surface area contributed by atoms with Crippen LogP contribution in [-0.4, -0.2) is 15.5 Å². The van der Waals surface area contributed by atoms with E-state index < -0.39 is 22.7 Å². The van der Waals surface area contributed by atoms with Crippen molar-refractivity contribution < 1.29 is 12.9 Å². The van der Waals surface area contributed by atoms with Gasteiger partial charge >= 0.3 is 0 Å². The lowest BCUT2D eigenvalue weighted by atomic mass is 9.84. The van der Waals surface area contributed by atoms with Crippen LogP contribution in [0.4, 0.5) is 5.69 Å². The lowest BCUT2D eigenvalue weighted by Crippen LogP contribution is -2.24. The van der Waals surface area contributed by atoms with Gasteiger partial charge in [-0.3, -0.25) is 0 Å². The summed E-state index contributed by atoms with van der Waals surface area (Å²) in [5, 5.41) is 9.96. The van der Waals surface area contributed by atoms with Gasteiger partial charge in [-0.05, 0) is 67.1 Å². The SMILES string of the molecule is Cc1ccc(S(=O)(=O)N=P(C=C2N(C)c3ccccc3C2(C)C)(Oc2ccc(C#N)cc2)c2ccccc2)cc1. The molecule has 0 saturated heterocycles. The van der Waals surface area contributed by atoms with Crippen molar-refractivity contribution in [3.63, 3.8) is 0 Å². The van der Waals surface area contributed by atoms with Gasteiger partial charge in [0.1, 0.15) is 5.75 Å². The van der Waals surface area contributed by atoms with Crippen molar-refractivity contribution in [2.24, 2.45) is 4.15 Å². The predicted octanol–water partition coefficient (Wildman–Crippen LogP) is 7.35. The molecule has 4 aromatic rings. The second-order valence-corrected chi connectivity index (χ2v) is 14.5. The van der Waals surface area contributed by atoms with Crippen molar-refractivity contribution in [2.75, 3.05) is 11.9 Å².